The molecule has 1 saturated carbocycles. The average Bonchev–Trinajstić information content (AvgIpc) is 2.53. The van der Waals surface area contributed by atoms with E-state index in [-0.39, 0.29) is 17.5 Å². The molecule has 2 aliphatic rings. The summed E-state index contributed by atoms with van der Waals surface area (Å²) >= 11 is 0. The molecule has 1 aliphatic carbocycles. The Balaban J connectivity index is 2.16. The molecule has 1 saturated heterocycles. The highest BCUT2D eigenvalue weighted by atomic mass is 16.6. The minimum Gasteiger partial charge on any atom is -0.442 e. The number of hydrogen-bond acceptors (Lipinski definition) is 6. The van der Waals surface area contributed by atoms with Crippen LogP contribution in [0, 0.1) is 11.8 Å². The van der Waals surface area contributed by atoms with Crippen molar-refractivity contribution in [3.8, 4) is 0 Å². The van der Waals surface area contributed by atoms with E-state index in [4.69, 9.17) is 9.47 Å². The van der Waals surface area contributed by atoms with Crippen molar-refractivity contribution in [2.75, 3.05) is 20.3 Å². The zero-order chi connectivity index (χ0) is 18.6. The molecule has 25 heavy (non-hydrogen) atoms. The van der Waals surface area contributed by atoms with Gasteiger partial charge in [-0.25, -0.2) is 9.80 Å². The average molecular weight is 352 g/mol. The summed E-state index contributed by atoms with van der Waals surface area (Å²) in [5.74, 6) is -1.18. The highest BCUT2D eigenvalue weighted by Crippen LogP contribution is 2.27. The van der Waals surface area contributed by atoms with Crippen LogP contribution in [0.1, 0.15) is 52.9 Å². The zero-order valence-electron chi connectivity index (χ0n) is 15.5. The monoisotopic (exact) mass is 352 g/mol. The predicted octanol–water partition coefficient (Wildman–Crippen LogP) is 2.57. The summed E-state index contributed by atoms with van der Waals surface area (Å²) in [5.41, 5.74) is -0.160. The molecule has 0 aromatic carbocycles. The summed E-state index contributed by atoms with van der Waals surface area (Å²) in [6, 6.07) is 0. The number of carbonyl (C=O) groups excluding carboxylic acids is 3. The van der Waals surface area contributed by atoms with Crippen molar-refractivity contribution in [3.05, 3.63) is 0 Å². The van der Waals surface area contributed by atoms with E-state index in [1.54, 1.807) is 20.8 Å². The quantitative estimate of drug-likeness (QED) is 0.576. The van der Waals surface area contributed by atoms with Gasteiger partial charge >= 0.3 is 6.09 Å². The molecule has 1 aliphatic heterocycles. The highest BCUT2D eigenvalue weighted by molar-refractivity contribution is 6.22. The van der Waals surface area contributed by atoms with Gasteiger partial charge in [0.25, 0.3) is 0 Å². The maximum absolute atomic E-state index is 12.9. The second kappa shape index (κ2) is 8.08. The molecule has 2 fully saturated rings. The minimum absolute atomic E-state index is 0.0793. The van der Waals surface area contributed by atoms with Gasteiger partial charge in [0.05, 0.1) is 5.71 Å². The molecular formula is C18H28N2O5. The van der Waals surface area contributed by atoms with Crippen molar-refractivity contribution < 1.29 is 23.9 Å². The van der Waals surface area contributed by atoms with Crippen molar-refractivity contribution in [2.45, 2.75) is 58.5 Å². The van der Waals surface area contributed by atoms with Crippen molar-refractivity contribution in [2.24, 2.45) is 16.9 Å². The van der Waals surface area contributed by atoms with Crippen molar-refractivity contribution in [3.63, 3.8) is 0 Å². The lowest BCUT2D eigenvalue weighted by atomic mass is 9.77. The topological polar surface area (TPSA) is 85.3 Å². The van der Waals surface area contributed by atoms with Crippen LogP contribution in [-0.4, -0.2) is 54.2 Å². The number of nitrogens with zero attached hydrogens (tertiary/aromatic N) is 2. The summed E-state index contributed by atoms with van der Waals surface area (Å²) in [4.78, 5) is 37.4. The van der Waals surface area contributed by atoms with E-state index in [1.165, 1.54) is 7.05 Å². The predicted molar refractivity (Wildman–Crippen MR) is 92.3 cm³/mol. The summed E-state index contributed by atoms with van der Waals surface area (Å²) in [6.45, 7) is 6.40. The normalized spacial score (nSPS) is 24.2. The fraction of sp³-hybridized carbons (Fsp3) is 0.778. The maximum atomic E-state index is 12.9. The lowest BCUT2D eigenvalue weighted by Crippen LogP contribution is -2.42. The number of hydrogen-bond donors (Lipinski definition) is 0. The van der Waals surface area contributed by atoms with Crippen molar-refractivity contribution in [1.82, 2.24) is 5.01 Å². The first kappa shape index (κ1) is 19.6. The molecule has 0 bridgehead atoms. The van der Waals surface area contributed by atoms with Crippen LogP contribution < -0.4 is 0 Å². The third kappa shape index (κ3) is 5.36. The van der Waals surface area contributed by atoms with Crippen LogP contribution in [-0.2, 0) is 19.1 Å². The van der Waals surface area contributed by atoms with Crippen molar-refractivity contribution in [1.29, 1.82) is 0 Å². The molecule has 0 aromatic heterocycles. The first-order valence-corrected chi connectivity index (χ1v) is 8.87. The van der Waals surface area contributed by atoms with E-state index in [9.17, 15) is 14.4 Å². The Labute approximate surface area is 148 Å². The third-order valence-corrected chi connectivity index (χ3v) is 4.36. The van der Waals surface area contributed by atoms with E-state index in [2.05, 4.69) is 5.10 Å². The van der Waals surface area contributed by atoms with Crippen LogP contribution in [0.25, 0.3) is 0 Å². The standard InChI is InChI=1S/C18H28N2O5/c1-18(2,3)25-17(23)20(4)19-13-6-5-7-14(21)15(13)16(22)12-8-10-24-11-9-12/h12,15H,5-11H2,1-4H3/b19-13-. The molecule has 140 valence electrons. The van der Waals surface area contributed by atoms with E-state index in [0.717, 1.165) is 5.01 Å². The van der Waals surface area contributed by atoms with Gasteiger partial charge in [-0.2, -0.15) is 5.10 Å². The molecule has 7 nitrogen and oxygen atoms in total. The lowest BCUT2D eigenvalue weighted by Gasteiger charge is -2.29. The van der Waals surface area contributed by atoms with Gasteiger partial charge < -0.3 is 9.47 Å². The Morgan fingerprint density at radius 2 is 1.84 bits per heavy atom. The van der Waals surface area contributed by atoms with Gasteiger partial charge in [0.1, 0.15) is 17.3 Å². The Morgan fingerprint density at radius 3 is 2.44 bits per heavy atom. The number of hydrazone groups is 1. The minimum atomic E-state index is -0.832. The lowest BCUT2D eigenvalue weighted by molar-refractivity contribution is -0.134. The molecule has 1 amide bonds. The van der Waals surface area contributed by atoms with Gasteiger partial charge in [0.15, 0.2) is 5.78 Å². The number of carbonyl (C=O) groups is 3. The fourth-order valence-electron chi connectivity index (χ4n) is 3.13. The van der Waals surface area contributed by atoms with Crippen LogP contribution in [0.5, 0.6) is 0 Å². The summed E-state index contributed by atoms with van der Waals surface area (Å²) in [5, 5.41) is 5.36. The van der Waals surface area contributed by atoms with Gasteiger partial charge in [-0.3, -0.25) is 9.59 Å². The molecule has 1 atom stereocenters. The fourth-order valence-corrected chi connectivity index (χ4v) is 3.13. The number of ether oxygens (including phenoxy) is 2. The van der Waals surface area contributed by atoms with E-state index in [1.807, 2.05) is 0 Å². The molecule has 0 radical (unpaired) electrons. The Kier molecular flexibility index (Phi) is 6.32. The number of rotatable bonds is 3. The van der Waals surface area contributed by atoms with E-state index < -0.39 is 17.6 Å². The zero-order valence-corrected chi connectivity index (χ0v) is 15.5. The molecule has 0 spiro atoms. The molecule has 1 unspecified atom stereocenters. The first-order valence-electron chi connectivity index (χ1n) is 8.87. The largest absolute Gasteiger partial charge is 0.442 e. The van der Waals surface area contributed by atoms with Crippen LogP contribution >= 0.6 is 0 Å². The van der Waals surface area contributed by atoms with Gasteiger partial charge in [0, 0.05) is 32.6 Å². The van der Waals surface area contributed by atoms with Crippen LogP contribution in [0.3, 0.4) is 0 Å². The van der Waals surface area contributed by atoms with Gasteiger partial charge in [-0.05, 0) is 46.5 Å². The SMILES string of the molecule is CN(/N=C1/CCCC(=O)C1C(=O)C1CCOCC1)C(=O)OC(C)(C)C. The summed E-state index contributed by atoms with van der Waals surface area (Å²) in [7, 11) is 1.48. The van der Waals surface area contributed by atoms with Crippen molar-refractivity contribution >= 4 is 23.4 Å². The molecule has 0 aromatic rings. The van der Waals surface area contributed by atoms with Crippen LogP contribution in [0.15, 0.2) is 5.10 Å². The van der Waals surface area contributed by atoms with E-state index >= 15 is 0 Å². The molecule has 7 heteroatoms. The molecule has 1 heterocycles. The smallest absolute Gasteiger partial charge is 0.430 e. The Morgan fingerprint density at radius 1 is 1.20 bits per heavy atom. The maximum Gasteiger partial charge on any atom is 0.430 e. The van der Waals surface area contributed by atoms with Crippen LogP contribution in [0.2, 0.25) is 0 Å². The van der Waals surface area contributed by atoms with Crippen LogP contribution in [0.4, 0.5) is 4.79 Å². The number of amides is 1. The second-order valence-corrected chi connectivity index (χ2v) is 7.64. The molecular weight excluding hydrogens is 324 g/mol. The van der Waals surface area contributed by atoms with E-state index in [0.29, 0.717) is 51.0 Å². The number of ketones is 2. The summed E-state index contributed by atoms with van der Waals surface area (Å²) in [6.07, 6.45) is 2.25. The Bertz CT molecular complexity index is 558. The van der Waals surface area contributed by atoms with Gasteiger partial charge in [0.2, 0.25) is 0 Å². The number of Topliss-reactive ketones (excluding diaryl/α,β-unsaturated/α-hetero) is 2. The summed E-state index contributed by atoms with van der Waals surface area (Å²) < 4.78 is 10.6. The second-order valence-electron chi connectivity index (χ2n) is 7.64. The highest BCUT2D eigenvalue weighted by Gasteiger charge is 2.39. The van der Waals surface area contributed by atoms with Gasteiger partial charge in [-0.1, -0.05) is 0 Å². The van der Waals surface area contributed by atoms with Gasteiger partial charge in [-0.15, -0.1) is 0 Å². The molecule has 0 N–H and O–H groups in total. The third-order valence-electron chi connectivity index (χ3n) is 4.36. The first-order chi connectivity index (χ1) is 11.7. The Hall–Kier alpha value is -1.76. The molecule has 2 rings (SSSR count).